The molecule has 1 aliphatic rings. The van der Waals surface area contributed by atoms with E-state index in [-0.39, 0.29) is 0 Å². The van der Waals surface area contributed by atoms with Gasteiger partial charge in [-0.3, -0.25) is 4.90 Å². The third-order valence-electron chi connectivity index (χ3n) is 6.20. The molecule has 3 aromatic rings. The van der Waals surface area contributed by atoms with E-state index in [9.17, 15) is 0 Å². The van der Waals surface area contributed by atoms with E-state index < -0.39 is 0 Å². The summed E-state index contributed by atoms with van der Waals surface area (Å²) >= 11 is 6.14. The number of ether oxygens (including phenoxy) is 3. The van der Waals surface area contributed by atoms with Gasteiger partial charge in [0.05, 0.1) is 20.8 Å². The summed E-state index contributed by atoms with van der Waals surface area (Å²) in [5, 5.41) is 0.775. The van der Waals surface area contributed by atoms with Crippen LogP contribution < -0.4 is 14.2 Å². The summed E-state index contributed by atoms with van der Waals surface area (Å²) in [4.78, 5) is 2.52. The van der Waals surface area contributed by atoms with E-state index in [1.54, 1.807) is 14.2 Å². The predicted octanol–water partition coefficient (Wildman–Crippen LogP) is 6.04. The van der Waals surface area contributed by atoms with Gasteiger partial charge >= 0.3 is 0 Å². The van der Waals surface area contributed by atoms with Crippen molar-refractivity contribution in [3.05, 3.63) is 88.9 Å². The topological polar surface area (TPSA) is 30.9 Å². The predicted molar refractivity (Wildman–Crippen MR) is 129 cm³/mol. The molecule has 4 rings (SSSR count). The number of rotatable bonds is 8. The van der Waals surface area contributed by atoms with E-state index >= 15 is 0 Å². The van der Waals surface area contributed by atoms with Crippen LogP contribution in [0.1, 0.15) is 23.5 Å². The normalized spacial score (nSPS) is 18.8. The van der Waals surface area contributed by atoms with Crippen LogP contribution in [0.2, 0.25) is 5.02 Å². The van der Waals surface area contributed by atoms with Gasteiger partial charge in [-0.15, -0.1) is 0 Å². The second-order valence-corrected chi connectivity index (χ2v) is 8.71. The van der Waals surface area contributed by atoms with Gasteiger partial charge in [-0.05, 0) is 78.5 Å². The smallest absolute Gasteiger partial charge is 0.119 e. The zero-order valence-corrected chi connectivity index (χ0v) is 19.4. The SMILES string of the molecule is COc1ccc(CN2CC[C@@H](c3ccc(Cl)cc3)[C@H](COc3ccc(OC)cc3)C2)cc1. The lowest BCUT2D eigenvalue weighted by Crippen LogP contribution is -2.41. The number of piperidine rings is 1. The highest BCUT2D eigenvalue weighted by Crippen LogP contribution is 2.35. The lowest BCUT2D eigenvalue weighted by molar-refractivity contribution is 0.106. The van der Waals surface area contributed by atoms with Crippen LogP contribution in [0, 0.1) is 5.92 Å². The molecule has 0 unspecified atom stereocenters. The zero-order chi connectivity index (χ0) is 22.3. The van der Waals surface area contributed by atoms with Crippen LogP contribution in [0.25, 0.3) is 0 Å². The molecule has 32 heavy (non-hydrogen) atoms. The number of hydrogen-bond acceptors (Lipinski definition) is 4. The standard InChI is InChI=1S/C27H30ClNO3/c1-30-24-9-3-20(4-10-24)17-29-16-15-27(21-5-7-23(28)8-6-21)22(18-29)19-32-26-13-11-25(31-2)12-14-26/h3-14,22,27H,15-19H2,1-2H3/t22-,27-/m0/s1. The highest BCUT2D eigenvalue weighted by atomic mass is 35.5. The average molecular weight is 452 g/mol. The van der Waals surface area contributed by atoms with Crippen LogP contribution in [0.3, 0.4) is 0 Å². The van der Waals surface area contributed by atoms with Crippen molar-refractivity contribution >= 4 is 11.6 Å². The molecule has 3 aromatic carbocycles. The Morgan fingerprint density at radius 1 is 0.812 bits per heavy atom. The highest BCUT2D eigenvalue weighted by molar-refractivity contribution is 6.30. The summed E-state index contributed by atoms with van der Waals surface area (Å²) in [7, 11) is 3.37. The molecule has 2 atom stereocenters. The van der Waals surface area contributed by atoms with Crippen LogP contribution in [-0.4, -0.2) is 38.8 Å². The molecule has 0 radical (unpaired) electrons. The van der Waals surface area contributed by atoms with Crippen molar-refractivity contribution in [2.45, 2.75) is 18.9 Å². The number of benzene rings is 3. The van der Waals surface area contributed by atoms with Gasteiger partial charge in [0.15, 0.2) is 0 Å². The highest BCUT2D eigenvalue weighted by Gasteiger charge is 2.31. The Morgan fingerprint density at radius 3 is 2.03 bits per heavy atom. The van der Waals surface area contributed by atoms with Crippen molar-refractivity contribution in [3.8, 4) is 17.2 Å². The van der Waals surface area contributed by atoms with Crippen molar-refractivity contribution in [1.82, 2.24) is 4.90 Å². The fourth-order valence-corrected chi connectivity index (χ4v) is 4.56. The molecule has 1 aliphatic heterocycles. The Labute approximate surface area is 195 Å². The number of nitrogens with zero attached hydrogens (tertiary/aromatic N) is 1. The van der Waals surface area contributed by atoms with E-state index in [1.807, 2.05) is 48.5 Å². The van der Waals surface area contributed by atoms with Crippen LogP contribution >= 0.6 is 11.6 Å². The van der Waals surface area contributed by atoms with Gasteiger partial charge in [0.2, 0.25) is 0 Å². The summed E-state index contributed by atoms with van der Waals surface area (Å²) in [5.74, 6) is 3.41. The third kappa shape index (κ3) is 5.76. The van der Waals surface area contributed by atoms with Gasteiger partial charge in [0, 0.05) is 24.0 Å². The minimum atomic E-state index is 0.380. The number of halogens is 1. The first kappa shape index (κ1) is 22.5. The maximum Gasteiger partial charge on any atom is 0.119 e. The molecule has 0 saturated carbocycles. The number of likely N-dealkylation sites (tertiary alicyclic amines) is 1. The minimum Gasteiger partial charge on any atom is -0.497 e. The van der Waals surface area contributed by atoms with Crippen LogP contribution in [0.4, 0.5) is 0 Å². The quantitative estimate of drug-likeness (QED) is 0.417. The molecule has 0 aromatic heterocycles. The van der Waals surface area contributed by atoms with Crippen LogP contribution in [0.15, 0.2) is 72.8 Å². The molecule has 4 nitrogen and oxygen atoms in total. The maximum atomic E-state index is 6.22. The van der Waals surface area contributed by atoms with Crippen molar-refractivity contribution in [2.75, 3.05) is 33.9 Å². The van der Waals surface area contributed by atoms with Crippen molar-refractivity contribution < 1.29 is 14.2 Å². The third-order valence-corrected chi connectivity index (χ3v) is 6.46. The molecular formula is C27H30ClNO3. The molecule has 0 aliphatic carbocycles. The number of methoxy groups -OCH3 is 2. The van der Waals surface area contributed by atoms with Crippen LogP contribution in [-0.2, 0) is 6.54 Å². The van der Waals surface area contributed by atoms with Gasteiger partial charge in [0.25, 0.3) is 0 Å². The Morgan fingerprint density at radius 2 is 1.41 bits per heavy atom. The second kappa shape index (κ2) is 10.8. The van der Waals surface area contributed by atoms with Gasteiger partial charge in [-0.1, -0.05) is 35.9 Å². The second-order valence-electron chi connectivity index (χ2n) is 8.28. The molecule has 0 spiro atoms. The van der Waals surface area contributed by atoms with E-state index in [2.05, 4.69) is 29.2 Å². The summed E-state index contributed by atoms with van der Waals surface area (Å²) in [5.41, 5.74) is 2.63. The van der Waals surface area contributed by atoms with E-state index in [4.69, 9.17) is 25.8 Å². The molecule has 1 saturated heterocycles. The van der Waals surface area contributed by atoms with E-state index in [0.717, 1.165) is 48.3 Å². The lowest BCUT2D eigenvalue weighted by atomic mass is 9.80. The van der Waals surface area contributed by atoms with Crippen molar-refractivity contribution in [1.29, 1.82) is 0 Å². The first-order valence-corrected chi connectivity index (χ1v) is 11.4. The first-order valence-electron chi connectivity index (χ1n) is 11.0. The van der Waals surface area contributed by atoms with Gasteiger partial charge in [0.1, 0.15) is 17.2 Å². The monoisotopic (exact) mass is 451 g/mol. The van der Waals surface area contributed by atoms with E-state index in [0.29, 0.717) is 18.4 Å². The summed E-state index contributed by atoms with van der Waals surface area (Å²) in [6.45, 7) is 3.63. The van der Waals surface area contributed by atoms with Gasteiger partial charge in [-0.25, -0.2) is 0 Å². The zero-order valence-electron chi connectivity index (χ0n) is 18.7. The molecular weight excluding hydrogens is 422 g/mol. The lowest BCUT2D eigenvalue weighted by Gasteiger charge is -2.39. The van der Waals surface area contributed by atoms with Crippen molar-refractivity contribution in [3.63, 3.8) is 0 Å². The molecule has 1 heterocycles. The Bertz CT molecular complexity index is 973. The first-order chi connectivity index (χ1) is 15.6. The Hall–Kier alpha value is -2.69. The average Bonchev–Trinajstić information content (AvgIpc) is 2.84. The summed E-state index contributed by atoms with van der Waals surface area (Å²) in [6.07, 6.45) is 1.09. The van der Waals surface area contributed by atoms with Gasteiger partial charge < -0.3 is 14.2 Å². The van der Waals surface area contributed by atoms with Gasteiger partial charge in [-0.2, -0.15) is 0 Å². The molecule has 168 valence electrons. The fraction of sp³-hybridized carbons (Fsp3) is 0.333. The van der Waals surface area contributed by atoms with Crippen LogP contribution in [0.5, 0.6) is 17.2 Å². The molecule has 1 fully saturated rings. The maximum absolute atomic E-state index is 6.22. The summed E-state index contributed by atoms with van der Waals surface area (Å²) in [6, 6.07) is 24.4. The largest absolute Gasteiger partial charge is 0.497 e. The van der Waals surface area contributed by atoms with E-state index in [1.165, 1.54) is 11.1 Å². The fourth-order valence-electron chi connectivity index (χ4n) is 4.43. The number of hydrogen-bond donors (Lipinski definition) is 0. The molecule has 0 N–H and O–H groups in total. The molecule has 5 heteroatoms. The Kier molecular flexibility index (Phi) is 7.56. The molecule has 0 amide bonds. The Balaban J connectivity index is 1.46. The summed E-state index contributed by atoms with van der Waals surface area (Å²) < 4.78 is 16.8. The minimum absolute atomic E-state index is 0.380. The van der Waals surface area contributed by atoms with Crippen molar-refractivity contribution in [2.24, 2.45) is 5.92 Å². The molecule has 0 bridgehead atoms.